The minimum absolute atomic E-state index is 0.335. The summed E-state index contributed by atoms with van der Waals surface area (Å²) in [6.45, 7) is -0.852. The molecule has 1 aromatic heterocycles. The Labute approximate surface area is 113 Å². The quantitative estimate of drug-likeness (QED) is 0.672. The first-order valence-corrected chi connectivity index (χ1v) is 5.58. The van der Waals surface area contributed by atoms with Crippen molar-refractivity contribution in [3.05, 3.63) is 24.3 Å². The summed E-state index contributed by atoms with van der Waals surface area (Å²) in [6, 6.07) is 6.83. The van der Waals surface area contributed by atoms with Crippen LogP contribution in [0.25, 0.3) is 11.4 Å². The topological polar surface area (TPSA) is 130 Å². The number of nitrogens with one attached hydrogen (secondary N) is 2. The molecule has 1 heterocycles. The van der Waals surface area contributed by atoms with Gasteiger partial charge in [0.05, 0.1) is 0 Å². The van der Waals surface area contributed by atoms with E-state index in [1.165, 1.54) is 0 Å². The predicted molar refractivity (Wildman–Crippen MR) is 66.7 cm³/mol. The zero-order valence-corrected chi connectivity index (χ0v) is 10.2. The van der Waals surface area contributed by atoms with Crippen LogP contribution in [0, 0.1) is 0 Å². The third-order valence-corrected chi connectivity index (χ3v) is 2.21. The molecule has 0 spiro atoms. The van der Waals surface area contributed by atoms with Crippen molar-refractivity contribution in [1.82, 2.24) is 20.6 Å². The second kappa shape index (κ2) is 6.38. The van der Waals surface area contributed by atoms with Crippen molar-refractivity contribution in [3.8, 4) is 11.4 Å². The minimum atomic E-state index is -1.13. The Morgan fingerprint density at radius 3 is 2.90 bits per heavy atom. The molecule has 1 aromatic carbocycles. The SMILES string of the molecule is O=C(O)COCC(=O)Nc1cccc(-c2nn[nH]n2)c1. The van der Waals surface area contributed by atoms with Crippen molar-refractivity contribution in [2.75, 3.05) is 18.5 Å². The molecule has 1 amide bonds. The van der Waals surface area contributed by atoms with Crippen LogP contribution in [0.15, 0.2) is 24.3 Å². The molecule has 2 aromatic rings. The highest BCUT2D eigenvalue weighted by Crippen LogP contribution is 2.18. The molecule has 3 N–H and O–H groups in total. The van der Waals surface area contributed by atoms with E-state index in [0.29, 0.717) is 17.1 Å². The number of aliphatic carboxylic acids is 1. The van der Waals surface area contributed by atoms with Gasteiger partial charge in [-0.15, -0.1) is 10.2 Å². The maximum absolute atomic E-state index is 11.5. The molecule has 20 heavy (non-hydrogen) atoms. The monoisotopic (exact) mass is 277 g/mol. The van der Waals surface area contributed by atoms with Gasteiger partial charge >= 0.3 is 5.97 Å². The number of H-pyrrole nitrogens is 1. The highest BCUT2D eigenvalue weighted by atomic mass is 16.5. The van der Waals surface area contributed by atoms with Crippen molar-refractivity contribution in [2.45, 2.75) is 0 Å². The van der Waals surface area contributed by atoms with Gasteiger partial charge in [0.25, 0.3) is 0 Å². The average molecular weight is 277 g/mol. The lowest BCUT2D eigenvalue weighted by Crippen LogP contribution is -2.20. The predicted octanol–water partition coefficient (Wildman–Crippen LogP) is -0.0936. The fourth-order valence-electron chi connectivity index (χ4n) is 1.45. The second-order valence-electron chi connectivity index (χ2n) is 3.75. The minimum Gasteiger partial charge on any atom is -0.480 e. The maximum atomic E-state index is 11.5. The molecule has 2 rings (SSSR count). The number of ether oxygens (including phenoxy) is 1. The Bertz CT molecular complexity index is 599. The number of carboxylic acid groups (broad SMARTS) is 1. The maximum Gasteiger partial charge on any atom is 0.329 e. The molecule has 104 valence electrons. The number of carbonyl (C=O) groups excluding carboxylic acids is 1. The van der Waals surface area contributed by atoms with Gasteiger partial charge in [0.2, 0.25) is 11.7 Å². The summed E-state index contributed by atoms with van der Waals surface area (Å²) in [6.07, 6.45) is 0. The summed E-state index contributed by atoms with van der Waals surface area (Å²) in [5.41, 5.74) is 1.21. The van der Waals surface area contributed by atoms with Gasteiger partial charge in [-0.05, 0) is 17.3 Å². The Morgan fingerprint density at radius 2 is 2.20 bits per heavy atom. The van der Waals surface area contributed by atoms with E-state index in [4.69, 9.17) is 5.11 Å². The van der Waals surface area contributed by atoms with Crippen LogP contribution in [0.5, 0.6) is 0 Å². The van der Waals surface area contributed by atoms with E-state index in [2.05, 4.69) is 30.7 Å². The van der Waals surface area contributed by atoms with Gasteiger partial charge in [0.1, 0.15) is 13.2 Å². The lowest BCUT2D eigenvalue weighted by Gasteiger charge is -2.06. The Kier molecular flexibility index (Phi) is 4.35. The van der Waals surface area contributed by atoms with Crippen LogP contribution in [0.1, 0.15) is 0 Å². The molecule has 0 saturated heterocycles. The molecule has 0 saturated carbocycles. The van der Waals surface area contributed by atoms with Crippen molar-refractivity contribution >= 4 is 17.6 Å². The fraction of sp³-hybridized carbons (Fsp3) is 0.182. The highest BCUT2D eigenvalue weighted by molar-refractivity contribution is 5.92. The summed E-state index contributed by atoms with van der Waals surface area (Å²) < 4.78 is 4.68. The molecule has 9 heteroatoms. The van der Waals surface area contributed by atoms with Crippen molar-refractivity contribution in [3.63, 3.8) is 0 Å². The molecule has 0 atom stereocenters. The number of aromatic nitrogens is 4. The number of aromatic amines is 1. The third-order valence-electron chi connectivity index (χ3n) is 2.21. The molecule has 0 unspecified atom stereocenters. The van der Waals surface area contributed by atoms with Crippen LogP contribution in [-0.2, 0) is 14.3 Å². The summed E-state index contributed by atoms with van der Waals surface area (Å²) in [5, 5.41) is 24.4. The summed E-state index contributed by atoms with van der Waals surface area (Å²) >= 11 is 0. The molecule has 9 nitrogen and oxygen atoms in total. The Hall–Kier alpha value is -2.81. The zero-order chi connectivity index (χ0) is 14.4. The van der Waals surface area contributed by atoms with Gasteiger partial charge in [0.15, 0.2) is 0 Å². The van der Waals surface area contributed by atoms with Crippen LogP contribution in [-0.4, -0.2) is 50.8 Å². The number of amides is 1. The Balaban J connectivity index is 1.94. The van der Waals surface area contributed by atoms with Crippen molar-refractivity contribution in [1.29, 1.82) is 0 Å². The van der Waals surface area contributed by atoms with E-state index in [9.17, 15) is 9.59 Å². The van der Waals surface area contributed by atoms with Crippen LogP contribution in [0.4, 0.5) is 5.69 Å². The van der Waals surface area contributed by atoms with Gasteiger partial charge in [-0.2, -0.15) is 5.21 Å². The van der Waals surface area contributed by atoms with E-state index in [1.54, 1.807) is 24.3 Å². The summed E-state index contributed by atoms with van der Waals surface area (Å²) in [7, 11) is 0. The van der Waals surface area contributed by atoms with Crippen molar-refractivity contribution < 1.29 is 19.4 Å². The number of hydrogen-bond acceptors (Lipinski definition) is 6. The number of benzene rings is 1. The normalized spacial score (nSPS) is 10.2. The molecular weight excluding hydrogens is 266 g/mol. The number of nitrogens with zero attached hydrogens (tertiary/aromatic N) is 3. The average Bonchev–Trinajstić information content (AvgIpc) is 2.92. The molecule has 0 aliphatic rings. The Morgan fingerprint density at radius 1 is 1.35 bits per heavy atom. The largest absolute Gasteiger partial charge is 0.480 e. The lowest BCUT2D eigenvalue weighted by atomic mass is 10.2. The third kappa shape index (κ3) is 3.85. The van der Waals surface area contributed by atoms with Gasteiger partial charge in [-0.25, -0.2) is 4.79 Å². The molecule has 0 aliphatic carbocycles. The number of rotatable bonds is 6. The van der Waals surface area contributed by atoms with Gasteiger partial charge in [0, 0.05) is 11.3 Å². The lowest BCUT2D eigenvalue weighted by molar-refractivity contribution is -0.143. The molecule has 0 radical (unpaired) electrons. The number of anilines is 1. The van der Waals surface area contributed by atoms with E-state index in [0.717, 1.165) is 0 Å². The first-order valence-electron chi connectivity index (χ1n) is 5.58. The standard InChI is InChI=1S/C11H11N5O4/c17-9(5-20-6-10(18)19)12-8-3-1-2-7(4-8)11-13-15-16-14-11/h1-4H,5-6H2,(H,12,17)(H,18,19)(H,13,14,15,16). The number of tetrazole rings is 1. The summed E-state index contributed by atoms with van der Waals surface area (Å²) in [4.78, 5) is 21.7. The molecule has 0 fully saturated rings. The second-order valence-corrected chi connectivity index (χ2v) is 3.75. The van der Waals surface area contributed by atoms with E-state index < -0.39 is 18.5 Å². The van der Waals surface area contributed by atoms with E-state index in [1.807, 2.05) is 0 Å². The van der Waals surface area contributed by atoms with E-state index >= 15 is 0 Å². The van der Waals surface area contributed by atoms with Gasteiger partial charge < -0.3 is 15.2 Å². The molecule has 0 aliphatic heterocycles. The van der Waals surface area contributed by atoms with Crippen LogP contribution >= 0.6 is 0 Å². The van der Waals surface area contributed by atoms with E-state index in [-0.39, 0.29) is 6.61 Å². The molecular formula is C11H11N5O4. The zero-order valence-electron chi connectivity index (χ0n) is 10.2. The van der Waals surface area contributed by atoms with Gasteiger partial charge in [-0.3, -0.25) is 4.79 Å². The fourth-order valence-corrected chi connectivity index (χ4v) is 1.45. The van der Waals surface area contributed by atoms with Crippen LogP contribution in [0.3, 0.4) is 0 Å². The van der Waals surface area contributed by atoms with Crippen LogP contribution < -0.4 is 5.32 Å². The van der Waals surface area contributed by atoms with Crippen molar-refractivity contribution in [2.24, 2.45) is 0 Å². The summed E-state index contributed by atoms with van der Waals surface area (Å²) in [5.74, 6) is -1.17. The van der Waals surface area contributed by atoms with Crippen LogP contribution in [0.2, 0.25) is 0 Å². The molecule has 0 bridgehead atoms. The smallest absolute Gasteiger partial charge is 0.329 e. The first kappa shape index (κ1) is 13.6. The number of carboxylic acids is 1. The number of hydrogen-bond donors (Lipinski definition) is 3. The first-order chi connectivity index (χ1) is 9.65. The van der Waals surface area contributed by atoms with Gasteiger partial charge in [-0.1, -0.05) is 12.1 Å². The highest BCUT2D eigenvalue weighted by Gasteiger charge is 2.07. The number of carbonyl (C=O) groups is 2.